The first-order chi connectivity index (χ1) is 16.3. The van der Waals surface area contributed by atoms with E-state index < -0.39 is 15.9 Å². The van der Waals surface area contributed by atoms with Gasteiger partial charge in [0.2, 0.25) is 0 Å². The van der Waals surface area contributed by atoms with Crippen molar-refractivity contribution in [2.24, 2.45) is 0 Å². The molecule has 8 heteroatoms. The lowest BCUT2D eigenvalue weighted by molar-refractivity contribution is 0.0670. The first-order valence-corrected chi connectivity index (χ1v) is 13.4. The van der Waals surface area contributed by atoms with E-state index in [2.05, 4.69) is 5.16 Å². The summed E-state index contributed by atoms with van der Waals surface area (Å²) in [6.45, 7) is 7.01. The van der Waals surface area contributed by atoms with E-state index in [1.165, 1.54) is 5.56 Å². The lowest BCUT2D eigenvalue weighted by Gasteiger charge is -2.27. The zero-order chi connectivity index (χ0) is 24.3. The molecule has 1 saturated heterocycles. The summed E-state index contributed by atoms with van der Waals surface area (Å²) in [6.07, 6.45) is 1.33. The van der Waals surface area contributed by atoms with E-state index >= 15 is 0 Å². The van der Waals surface area contributed by atoms with E-state index in [1.54, 1.807) is 11.0 Å². The Labute approximate surface area is 200 Å². The Morgan fingerprint density at radius 1 is 1.12 bits per heavy atom. The second kappa shape index (κ2) is 10.0. The van der Waals surface area contributed by atoms with Gasteiger partial charge in [-0.15, -0.1) is 0 Å². The molecule has 0 unspecified atom stereocenters. The number of hydrogen-bond donors (Lipinski definition) is 0. The molecule has 1 atom stereocenters. The minimum absolute atomic E-state index is 0.0434. The average Bonchev–Trinajstić information content (AvgIpc) is 3.45. The minimum Gasteiger partial charge on any atom is -0.494 e. The molecule has 0 aliphatic carbocycles. The molecule has 2 heterocycles. The molecule has 0 radical (unpaired) electrons. The van der Waals surface area contributed by atoms with Gasteiger partial charge in [0, 0.05) is 24.2 Å². The van der Waals surface area contributed by atoms with Crippen LogP contribution < -0.4 is 4.74 Å². The summed E-state index contributed by atoms with van der Waals surface area (Å²) in [5.74, 6) is 0.965. The number of carbonyl (C=O) groups excluding carboxylic acids is 1. The topological polar surface area (TPSA) is 89.7 Å². The largest absolute Gasteiger partial charge is 0.494 e. The number of aryl methyl sites for hydroxylation is 2. The van der Waals surface area contributed by atoms with Crippen LogP contribution in [0.5, 0.6) is 5.75 Å². The summed E-state index contributed by atoms with van der Waals surface area (Å²) in [5, 5.41) is 4.03. The summed E-state index contributed by atoms with van der Waals surface area (Å²) >= 11 is 0. The van der Waals surface area contributed by atoms with Crippen molar-refractivity contribution in [3.05, 3.63) is 70.9 Å². The number of benzene rings is 2. The van der Waals surface area contributed by atoms with Crippen LogP contribution in [-0.2, 0) is 16.4 Å². The lowest BCUT2D eigenvalue weighted by atomic mass is 10.0. The average molecular weight is 483 g/mol. The molecule has 0 spiro atoms. The van der Waals surface area contributed by atoms with Crippen LogP contribution in [0.1, 0.15) is 46.9 Å². The second-order valence-electron chi connectivity index (χ2n) is 8.86. The van der Waals surface area contributed by atoms with Gasteiger partial charge in [0.1, 0.15) is 5.75 Å². The SMILES string of the molecule is CCCOc1ccc(CN(C(=O)c2cc(-c3ccc(C)c(C)c3)on2)[C@H]2CCS(=O)(=O)C2)cc1. The molecule has 1 fully saturated rings. The van der Waals surface area contributed by atoms with Crippen molar-refractivity contribution in [3.63, 3.8) is 0 Å². The Kier molecular flexibility index (Phi) is 7.07. The van der Waals surface area contributed by atoms with Gasteiger partial charge in [-0.05, 0) is 61.6 Å². The molecule has 1 aromatic heterocycles. The van der Waals surface area contributed by atoms with E-state index in [1.807, 2.05) is 63.2 Å². The fourth-order valence-corrected chi connectivity index (χ4v) is 5.78. The van der Waals surface area contributed by atoms with Crippen molar-refractivity contribution in [3.8, 4) is 17.1 Å². The first kappa shape index (κ1) is 24.0. The van der Waals surface area contributed by atoms with Crippen LogP contribution in [0.3, 0.4) is 0 Å². The number of ether oxygens (including phenoxy) is 1. The van der Waals surface area contributed by atoms with Crippen LogP contribution in [-0.4, -0.2) is 48.5 Å². The molecule has 1 amide bonds. The monoisotopic (exact) mass is 482 g/mol. The number of nitrogens with zero attached hydrogens (tertiary/aromatic N) is 2. The number of carbonyl (C=O) groups is 1. The minimum atomic E-state index is -3.17. The maximum absolute atomic E-state index is 13.5. The van der Waals surface area contributed by atoms with Crippen LogP contribution in [0.15, 0.2) is 53.1 Å². The molecule has 1 aliphatic heterocycles. The molecule has 3 aromatic rings. The number of hydrogen-bond acceptors (Lipinski definition) is 6. The number of amides is 1. The van der Waals surface area contributed by atoms with Crippen LogP contribution in [0.4, 0.5) is 0 Å². The normalized spacial score (nSPS) is 17.0. The highest BCUT2D eigenvalue weighted by Gasteiger charge is 2.36. The highest BCUT2D eigenvalue weighted by atomic mass is 32.2. The van der Waals surface area contributed by atoms with Crippen molar-refractivity contribution in [1.82, 2.24) is 10.1 Å². The highest BCUT2D eigenvalue weighted by Crippen LogP contribution is 2.26. The summed E-state index contributed by atoms with van der Waals surface area (Å²) in [4.78, 5) is 15.1. The number of aromatic nitrogens is 1. The Bertz CT molecular complexity index is 1260. The molecule has 2 aromatic carbocycles. The third-order valence-corrected chi connectivity index (χ3v) is 7.93. The van der Waals surface area contributed by atoms with E-state index in [0.29, 0.717) is 18.8 Å². The van der Waals surface area contributed by atoms with Crippen molar-refractivity contribution in [1.29, 1.82) is 0 Å². The zero-order valence-corrected chi connectivity index (χ0v) is 20.6. The van der Waals surface area contributed by atoms with E-state index in [4.69, 9.17) is 9.26 Å². The Morgan fingerprint density at radius 3 is 2.53 bits per heavy atom. The number of sulfone groups is 1. The van der Waals surface area contributed by atoms with Gasteiger partial charge in [-0.25, -0.2) is 8.42 Å². The van der Waals surface area contributed by atoms with Crippen LogP contribution in [0, 0.1) is 13.8 Å². The van der Waals surface area contributed by atoms with Gasteiger partial charge in [-0.3, -0.25) is 4.79 Å². The standard InChI is InChI=1S/C26H30N2O5S/c1-4-12-32-23-9-6-20(7-10-23)16-28(22-11-13-34(30,31)17-22)26(29)24-15-25(33-27-24)21-8-5-18(2)19(3)14-21/h5-10,14-15,22H,4,11-13,16-17H2,1-3H3/t22-/m0/s1. The van der Waals surface area contributed by atoms with Gasteiger partial charge in [0.25, 0.3) is 5.91 Å². The van der Waals surface area contributed by atoms with E-state index in [0.717, 1.165) is 28.9 Å². The van der Waals surface area contributed by atoms with Gasteiger partial charge in [-0.1, -0.05) is 36.3 Å². The van der Waals surface area contributed by atoms with Crippen molar-refractivity contribution < 1.29 is 22.5 Å². The molecule has 34 heavy (non-hydrogen) atoms. The Balaban J connectivity index is 1.58. The predicted octanol–water partition coefficient (Wildman–Crippen LogP) is 4.58. The molecule has 0 saturated carbocycles. The van der Waals surface area contributed by atoms with Gasteiger partial charge in [0.05, 0.1) is 18.1 Å². The summed E-state index contributed by atoms with van der Waals surface area (Å²) in [6, 6.07) is 14.7. The van der Waals surface area contributed by atoms with Gasteiger partial charge < -0.3 is 14.2 Å². The third kappa shape index (κ3) is 5.50. The van der Waals surface area contributed by atoms with Crippen LogP contribution in [0.2, 0.25) is 0 Å². The fourth-order valence-electron chi connectivity index (χ4n) is 4.05. The van der Waals surface area contributed by atoms with Crippen LogP contribution in [0.25, 0.3) is 11.3 Å². The van der Waals surface area contributed by atoms with Gasteiger partial charge in [-0.2, -0.15) is 0 Å². The quantitative estimate of drug-likeness (QED) is 0.467. The maximum atomic E-state index is 13.5. The maximum Gasteiger partial charge on any atom is 0.276 e. The Morgan fingerprint density at radius 2 is 1.88 bits per heavy atom. The molecule has 0 N–H and O–H groups in total. The number of rotatable bonds is 8. The second-order valence-corrected chi connectivity index (χ2v) is 11.1. The van der Waals surface area contributed by atoms with Gasteiger partial charge in [0.15, 0.2) is 21.3 Å². The van der Waals surface area contributed by atoms with E-state index in [-0.39, 0.29) is 29.7 Å². The molecule has 4 rings (SSSR count). The summed E-state index contributed by atoms with van der Waals surface area (Å²) < 4.78 is 35.5. The van der Waals surface area contributed by atoms with Crippen molar-refractivity contribution in [2.45, 2.75) is 46.2 Å². The third-order valence-electron chi connectivity index (χ3n) is 6.18. The molecule has 180 valence electrons. The lowest BCUT2D eigenvalue weighted by Crippen LogP contribution is -2.40. The summed E-state index contributed by atoms with van der Waals surface area (Å²) in [7, 11) is -3.17. The smallest absolute Gasteiger partial charge is 0.276 e. The highest BCUT2D eigenvalue weighted by molar-refractivity contribution is 7.91. The molecule has 7 nitrogen and oxygen atoms in total. The first-order valence-electron chi connectivity index (χ1n) is 11.5. The van der Waals surface area contributed by atoms with Crippen molar-refractivity contribution >= 4 is 15.7 Å². The Hall–Kier alpha value is -3.13. The molecule has 0 bridgehead atoms. The van der Waals surface area contributed by atoms with Gasteiger partial charge >= 0.3 is 0 Å². The summed E-state index contributed by atoms with van der Waals surface area (Å²) in [5.41, 5.74) is 4.18. The fraction of sp³-hybridized carbons (Fsp3) is 0.385. The van der Waals surface area contributed by atoms with Crippen molar-refractivity contribution in [2.75, 3.05) is 18.1 Å². The zero-order valence-electron chi connectivity index (χ0n) is 19.8. The predicted molar refractivity (Wildman–Crippen MR) is 131 cm³/mol. The van der Waals surface area contributed by atoms with Crippen LogP contribution >= 0.6 is 0 Å². The molecule has 1 aliphatic rings. The molecular weight excluding hydrogens is 452 g/mol. The molecular formula is C26H30N2O5S. The van der Waals surface area contributed by atoms with E-state index in [9.17, 15) is 13.2 Å².